The number of para-hydroxylation sites is 1. The van der Waals surface area contributed by atoms with Gasteiger partial charge in [-0.2, -0.15) is 5.10 Å². The van der Waals surface area contributed by atoms with Crippen LogP contribution in [0.25, 0.3) is 16.9 Å². The van der Waals surface area contributed by atoms with Crippen LogP contribution in [0, 0.1) is 0 Å². The molecular formula is C23H15ClN2O2. The zero-order chi connectivity index (χ0) is 19.5. The summed E-state index contributed by atoms with van der Waals surface area (Å²) in [6.45, 7) is 0. The Morgan fingerprint density at radius 1 is 0.750 bits per heavy atom. The largest absolute Gasteiger partial charge is 0.288 e. The third kappa shape index (κ3) is 3.26. The van der Waals surface area contributed by atoms with E-state index in [4.69, 9.17) is 11.6 Å². The number of benzene rings is 3. The lowest BCUT2D eigenvalue weighted by Crippen LogP contribution is -2.07. The fraction of sp³-hybridized carbons (Fsp3) is 0. The Balaban J connectivity index is 2.05. The van der Waals surface area contributed by atoms with E-state index in [-0.39, 0.29) is 17.0 Å². The topological polar surface area (TPSA) is 52.0 Å². The van der Waals surface area contributed by atoms with E-state index < -0.39 is 5.24 Å². The van der Waals surface area contributed by atoms with Gasteiger partial charge in [-0.15, -0.1) is 0 Å². The van der Waals surface area contributed by atoms with Crippen molar-refractivity contribution in [1.29, 1.82) is 0 Å². The highest BCUT2D eigenvalue weighted by molar-refractivity contribution is 6.68. The van der Waals surface area contributed by atoms with Crippen LogP contribution in [-0.4, -0.2) is 20.8 Å². The van der Waals surface area contributed by atoms with Gasteiger partial charge in [-0.05, 0) is 23.7 Å². The van der Waals surface area contributed by atoms with Crippen molar-refractivity contribution < 1.29 is 9.59 Å². The summed E-state index contributed by atoms with van der Waals surface area (Å²) in [5.74, 6) is -0.300. The molecule has 1 aromatic heterocycles. The van der Waals surface area contributed by atoms with Gasteiger partial charge in [-0.1, -0.05) is 78.9 Å². The monoisotopic (exact) mass is 386 g/mol. The highest BCUT2D eigenvalue weighted by Gasteiger charge is 2.29. The Kier molecular flexibility index (Phi) is 4.87. The molecule has 0 aliphatic heterocycles. The number of carbonyl (C=O) groups is 2. The molecule has 1 heterocycles. The molecule has 4 aromatic rings. The van der Waals surface area contributed by atoms with Crippen LogP contribution in [0.5, 0.6) is 0 Å². The summed E-state index contributed by atoms with van der Waals surface area (Å²) in [4.78, 5) is 25.5. The molecule has 0 saturated carbocycles. The summed E-state index contributed by atoms with van der Waals surface area (Å²) in [5, 5.41) is 3.65. The molecule has 0 radical (unpaired) electrons. The zero-order valence-electron chi connectivity index (χ0n) is 14.7. The van der Waals surface area contributed by atoms with Crippen molar-refractivity contribution in [2.45, 2.75) is 0 Å². The van der Waals surface area contributed by atoms with Gasteiger partial charge in [-0.3, -0.25) is 9.59 Å². The number of carbonyl (C=O) groups excluding carboxylic acids is 2. The fourth-order valence-electron chi connectivity index (χ4n) is 3.12. The number of aromatic nitrogens is 2. The van der Waals surface area contributed by atoms with Crippen LogP contribution in [0.1, 0.15) is 26.4 Å². The molecular weight excluding hydrogens is 372 g/mol. The van der Waals surface area contributed by atoms with Crippen molar-refractivity contribution in [3.63, 3.8) is 0 Å². The average molecular weight is 387 g/mol. The van der Waals surface area contributed by atoms with E-state index in [1.807, 2.05) is 66.7 Å². The quantitative estimate of drug-likeness (QED) is 0.352. The van der Waals surface area contributed by atoms with Crippen molar-refractivity contribution in [1.82, 2.24) is 9.78 Å². The molecule has 4 nitrogen and oxygen atoms in total. The second-order valence-corrected chi connectivity index (χ2v) is 6.50. The van der Waals surface area contributed by atoms with Crippen LogP contribution in [0.15, 0.2) is 91.0 Å². The lowest BCUT2D eigenvalue weighted by molar-refractivity contribution is 0.102. The van der Waals surface area contributed by atoms with Crippen LogP contribution in [0.4, 0.5) is 0 Å². The number of rotatable bonds is 5. The molecule has 0 amide bonds. The highest BCUT2D eigenvalue weighted by atomic mass is 35.5. The van der Waals surface area contributed by atoms with Gasteiger partial charge < -0.3 is 0 Å². The molecule has 0 atom stereocenters. The molecule has 3 aromatic carbocycles. The molecule has 0 fully saturated rings. The van der Waals surface area contributed by atoms with Gasteiger partial charge in [0.15, 0.2) is 11.5 Å². The van der Waals surface area contributed by atoms with Crippen LogP contribution in [0.3, 0.4) is 0 Å². The predicted octanol–water partition coefficient (Wildman–Crippen LogP) is 5.15. The van der Waals surface area contributed by atoms with Gasteiger partial charge in [0.05, 0.1) is 16.9 Å². The maximum atomic E-state index is 13.3. The molecule has 0 saturated heterocycles. The SMILES string of the molecule is O=C(Cl)c1nn(-c2ccccc2)c(-c2ccccc2)c1C(=O)c1ccccc1. The maximum Gasteiger partial charge on any atom is 0.273 e. The minimum Gasteiger partial charge on any atom is -0.288 e. The number of hydrogen-bond acceptors (Lipinski definition) is 3. The standard InChI is InChI=1S/C23H15ClN2O2/c24-23(28)20-19(22(27)17-12-6-2-7-13-17)21(16-10-4-1-5-11-16)26(25-20)18-14-8-3-9-15-18/h1-15H. The summed E-state index contributed by atoms with van der Waals surface area (Å²) >= 11 is 5.83. The van der Waals surface area contributed by atoms with Gasteiger partial charge >= 0.3 is 0 Å². The minimum atomic E-state index is -0.772. The van der Waals surface area contributed by atoms with Crippen molar-refractivity contribution in [2.24, 2.45) is 0 Å². The lowest BCUT2D eigenvalue weighted by atomic mass is 9.97. The molecule has 136 valence electrons. The fourth-order valence-corrected chi connectivity index (χ4v) is 3.26. The Hall–Kier alpha value is -3.50. The van der Waals surface area contributed by atoms with Gasteiger partial charge in [-0.25, -0.2) is 4.68 Å². The van der Waals surface area contributed by atoms with E-state index in [0.717, 1.165) is 11.3 Å². The number of ketones is 1. The predicted molar refractivity (Wildman–Crippen MR) is 109 cm³/mol. The molecule has 4 rings (SSSR count). The van der Waals surface area contributed by atoms with Crippen molar-refractivity contribution in [3.8, 4) is 16.9 Å². The molecule has 0 N–H and O–H groups in total. The average Bonchev–Trinajstić information content (AvgIpc) is 3.16. The Morgan fingerprint density at radius 3 is 1.86 bits per heavy atom. The first-order valence-corrected chi connectivity index (χ1v) is 9.08. The smallest absolute Gasteiger partial charge is 0.273 e. The second-order valence-electron chi connectivity index (χ2n) is 6.15. The maximum absolute atomic E-state index is 13.3. The first-order chi connectivity index (χ1) is 13.7. The lowest BCUT2D eigenvalue weighted by Gasteiger charge is -2.10. The van der Waals surface area contributed by atoms with E-state index >= 15 is 0 Å². The van der Waals surface area contributed by atoms with Crippen molar-refractivity contribution >= 4 is 22.6 Å². The highest BCUT2D eigenvalue weighted by Crippen LogP contribution is 2.31. The third-order valence-electron chi connectivity index (χ3n) is 4.38. The number of hydrogen-bond donors (Lipinski definition) is 0. The summed E-state index contributed by atoms with van der Waals surface area (Å²) < 4.78 is 1.60. The second kappa shape index (κ2) is 7.62. The zero-order valence-corrected chi connectivity index (χ0v) is 15.5. The van der Waals surface area contributed by atoms with Gasteiger partial charge in [0.25, 0.3) is 5.24 Å². The number of halogens is 1. The summed E-state index contributed by atoms with van der Waals surface area (Å²) in [5.41, 5.74) is 2.63. The molecule has 5 heteroatoms. The van der Waals surface area contributed by atoms with Gasteiger partial charge in [0.1, 0.15) is 0 Å². The summed E-state index contributed by atoms with van der Waals surface area (Å²) in [6.07, 6.45) is 0. The van der Waals surface area contributed by atoms with E-state index in [9.17, 15) is 9.59 Å². The van der Waals surface area contributed by atoms with Crippen LogP contribution in [-0.2, 0) is 0 Å². The van der Waals surface area contributed by atoms with Crippen LogP contribution >= 0.6 is 11.6 Å². The molecule has 0 unspecified atom stereocenters. The summed E-state index contributed by atoms with van der Waals surface area (Å²) in [7, 11) is 0. The third-order valence-corrected chi connectivity index (χ3v) is 4.56. The first-order valence-electron chi connectivity index (χ1n) is 8.70. The van der Waals surface area contributed by atoms with Crippen molar-refractivity contribution in [3.05, 3.63) is 108 Å². The Bertz CT molecular complexity index is 1140. The molecule has 0 spiro atoms. The van der Waals surface area contributed by atoms with Gasteiger partial charge in [0.2, 0.25) is 0 Å². The summed E-state index contributed by atoms with van der Waals surface area (Å²) in [6, 6.07) is 27.5. The van der Waals surface area contributed by atoms with Crippen LogP contribution < -0.4 is 0 Å². The molecule has 0 aliphatic rings. The number of nitrogens with zero attached hydrogens (tertiary/aromatic N) is 2. The first kappa shape index (κ1) is 17.9. The van der Waals surface area contributed by atoms with E-state index in [1.165, 1.54) is 0 Å². The Morgan fingerprint density at radius 2 is 1.29 bits per heavy atom. The molecule has 28 heavy (non-hydrogen) atoms. The Labute approximate surface area is 167 Å². The van der Waals surface area contributed by atoms with Crippen molar-refractivity contribution in [2.75, 3.05) is 0 Å². The molecule has 0 aliphatic carbocycles. The van der Waals surface area contributed by atoms with Crippen LogP contribution in [0.2, 0.25) is 0 Å². The minimum absolute atomic E-state index is 0.0572. The van der Waals surface area contributed by atoms with E-state index in [1.54, 1.807) is 28.9 Å². The normalized spacial score (nSPS) is 10.6. The van der Waals surface area contributed by atoms with Gasteiger partial charge in [0, 0.05) is 11.1 Å². The molecule has 0 bridgehead atoms. The van der Waals surface area contributed by atoms with E-state index in [0.29, 0.717) is 11.3 Å². The van der Waals surface area contributed by atoms with E-state index in [2.05, 4.69) is 5.10 Å².